The number of rotatable bonds is 7. The summed E-state index contributed by atoms with van der Waals surface area (Å²) in [6.45, 7) is 4.87. The van der Waals surface area contributed by atoms with E-state index in [1.54, 1.807) is 0 Å². The molecule has 0 aromatic carbocycles. The molecule has 4 atom stereocenters. The second-order valence-corrected chi connectivity index (χ2v) is 6.67. The van der Waals surface area contributed by atoms with Gasteiger partial charge in [0.1, 0.15) is 6.10 Å². The van der Waals surface area contributed by atoms with Gasteiger partial charge in [-0.2, -0.15) is 0 Å². The topological polar surface area (TPSA) is 64.3 Å². The van der Waals surface area contributed by atoms with Crippen molar-refractivity contribution in [1.29, 1.82) is 0 Å². The van der Waals surface area contributed by atoms with Crippen LogP contribution < -0.4 is 11.1 Å². The minimum atomic E-state index is -0.309. The summed E-state index contributed by atoms with van der Waals surface area (Å²) in [5.41, 5.74) is 6.02. The summed E-state index contributed by atoms with van der Waals surface area (Å²) in [6.07, 6.45) is 7.80. The van der Waals surface area contributed by atoms with Crippen molar-refractivity contribution in [2.45, 2.75) is 77.0 Å². The van der Waals surface area contributed by atoms with Crippen molar-refractivity contribution in [2.75, 3.05) is 6.54 Å². The molecular formula is C16H31ClN2O2. The highest BCUT2D eigenvalue weighted by Gasteiger charge is 2.30. The first-order valence-corrected chi connectivity index (χ1v) is 8.28. The molecule has 2 rings (SSSR count). The monoisotopic (exact) mass is 318 g/mol. The van der Waals surface area contributed by atoms with Gasteiger partial charge in [0.05, 0.1) is 6.10 Å². The molecule has 0 aromatic heterocycles. The van der Waals surface area contributed by atoms with Crippen molar-refractivity contribution in [1.82, 2.24) is 5.32 Å². The highest BCUT2D eigenvalue weighted by molar-refractivity contribution is 5.85. The number of carbonyl (C=O) groups excluding carboxylic acids is 1. The van der Waals surface area contributed by atoms with Gasteiger partial charge in [0, 0.05) is 12.6 Å². The molecule has 2 aliphatic carbocycles. The fourth-order valence-electron chi connectivity index (χ4n) is 3.10. The van der Waals surface area contributed by atoms with Crippen LogP contribution in [-0.2, 0) is 9.53 Å². The number of amides is 1. The molecule has 0 aromatic rings. The molecule has 0 saturated heterocycles. The zero-order valence-electron chi connectivity index (χ0n) is 13.3. The van der Waals surface area contributed by atoms with E-state index in [4.69, 9.17) is 10.5 Å². The summed E-state index contributed by atoms with van der Waals surface area (Å²) in [6, 6.07) is 0.117. The Morgan fingerprint density at radius 1 is 1.33 bits per heavy atom. The first-order chi connectivity index (χ1) is 9.60. The summed E-state index contributed by atoms with van der Waals surface area (Å²) in [5.74, 6) is 1.36. The Bertz CT molecular complexity index is 323. The predicted octanol–water partition coefficient (Wildman–Crippen LogP) is 2.64. The standard InChI is InChI=1S/C16H30N2O2.ClH/c1-3-15(20-13-6-4-5-11(2)9-13)16(19)18-10-14(17)12-7-8-12;/h11-15H,3-10,17H2,1-2H3,(H,18,19);1H. The molecule has 21 heavy (non-hydrogen) atoms. The highest BCUT2D eigenvalue weighted by atomic mass is 35.5. The molecule has 0 bridgehead atoms. The van der Waals surface area contributed by atoms with Gasteiger partial charge >= 0.3 is 0 Å². The van der Waals surface area contributed by atoms with Gasteiger partial charge in [-0.05, 0) is 43.9 Å². The van der Waals surface area contributed by atoms with Gasteiger partial charge in [-0.25, -0.2) is 0 Å². The Morgan fingerprint density at radius 3 is 2.62 bits per heavy atom. The normalized spacial score (nSPS) is 28.3. The summed E-state index contributed by atoms with van der Waals surface area (Å²) < 4.78 is 6.03. The third-order valence-electron chi connectivity index (χ3n) is 4.65. The van der Waals surface area contributed by atoms with Crippen LogP contribution >= 0.6 is 12.4 Å². The van der Waals surface area contributed by atoms with Crippen molar-refractivity contribution in [3.63, 3.8) is 0 Å². The first kappa shape index (κ1) is 18.7. The van der Waals surface area contributed by atoms with E-state index in [1.165, 1.54) is 25.7 Å². The van der Waals surface area contributed by atoms with E-state index in [9.17, 15) is 4.79 Å². The molecule has 0 heterocycles. The van der Waals surface area contributed by atoms with E-state index in [-0.39, 0.29) is 36.6 Å². The number of hydrogen-bond acceptors (Lipinski definition) is 3. The molecule has 4 unspecified atom stereocenters. The number of carbonyl (C=O) groups is 1. The van der Waals surface area contributed by atoms with Crippen LogP contribution in [0.25, 0.3) is 0 Å². The molecule has 4 nitrogen and oxygen atoms in total. The fourth-order valence-corrected chi connectivity index (χ4v) is 3.10. The van der Waals surface area contributed by atoms with Crippen molar-refractivity contribution in [3.8, 4) is 0 Å². The zero-order chi connectivity index (χ0) is 14.5. The third-order valence-corrected chi connectivity index (χ3v) is 4.65. The van der Waals surface area contributed by atoms with Gasteiger partial charge < -0.3 is 15.8 Å². The van der Waals surface area contributed by atoms with Crippen LogP contribution in [0.5, 0.6) is 0 Å². The number of hydrogen-bond donors (Lipinski definition) is 2. The summed E-state index contributed by atoms with van der Waals surface area (Å²) in [7, 11) is 0. The maximum Gasteiger partial charge on any atom is 0.249 e. The van der Waals surface area contributed by atoms with Gasteiger partial charge in [-0.1, -0.05) is 26.7 Å². The Morgan fingerprint density at radius 2 is 2.05 bits per heavy atom. The lowest BCUT2D eigenvalue weighted by Crippen LogP contribution is -2.44. The average Bonchev–Trinajstić information content (AvgIpc) is 3.26. The molecule has 2 aliphatic rings. The van der Waals surface area contributed by atoms with Crippen molar-refractivity contribution >= 4 is 18.3 Å². The molecular weight excluding hydrogens is 288 g/mol. The van der Waals surface area contributed by atoms with Crippen LogP contribution in [0, 0.1) is 11.8 Å². The summed E-state index contributed by atoms with van der Waals surface area (Å²) >= 11 is 0. The van der Waals surface area contributed by atoms with E-state index < -0.39 is 0 Å². The SMILES string of the molecule is CCC(OC1CCCC(C)C1)C(=O)NCC(N)C1CC1.Cl. The van der Waals surface area contributed by atoms with E-state index in [0.717, 1.165) is 25.2 Å². The second-order valence-electron chi connectivity index (χ2n) is 6.67. The Balaban J connectivity index is 0.00000220. The number of halogens is 1. The Labute approximate surface area is 135 Å². The fraction of sp³-hybridized carbons (Fsp3) is 0.938. The molecule has 0 radical (unpaired) electrons. The van der Waals surface area contributed by atoms with Gasteiger partial charge in [-0.3, -0.25) is 4.79 Å². The first-order valence-electron chi connectivity index (χ1n) is 8.28. The molecule has 2 saturated carbocycles. The molecule has 124 valence electrons. The van der Waals surface area contributed by atoms with E-state index in [1.807, 2.05) is 6.92 Å². The summed E-state index contributed by atoms with van der Waals surface area (Å²) in [5, 5.41) is 2.97. The predicted molar refractivity (Wildman–Crippen MR) is 87.5 cm³/mol. The lowest BCUT2D eigenvalue weighted by molar-refractivity contribution is -0.139. The lowest BCUT2D eigenvalue weighted by Gasteiger charge is -2.30. The average molecular weight is 319 g/mol. The molecule has 0 aliphatic heterocycles. The molecule has 0 spiro atoms. The van der Waals surface area contributed by atoms with Crippen LogP contribution in [0.15, 0.2) is 0 Å². The van der Waals surface area contributed by atoms with E-state index in [0.29, 0.717) is 12.5 Å². The number of nitrogens with one attached hydrogen (secondary N) is 1. The van der Waals surface area contributed by atoms with Crippen molar-refractivity contribution in [3.05, 3.63) is 0 Å². The highest BCUT2D eigenvalue weighted by Crippen LogP contribution is 2.31. The van der Waals surface area contributed by atoms with Crippen LogP contribution in [0.4, 0.5) is 0 Å². The van der Waals surface area contributed by atoms with Crippen LogP contribution in [0.3, 0.4) is 0 Å². The third kappa shape index (κ3) is 6.13. The van der Waals surface area contributed by atoms with Crippen LogP contribution in [0.2, 0.25) is 0 Å². The Hall–Kier alpha value is -0.320. The maximum atomic E-state index is 12.2. The lowest BCUT2D eigenvalue weighted by atomic mass is 9.88. The van der Waals surface area contributed by atoms with Crippen molar-refractivity contribution < 1.29 is 9.53 Å². The minimum Gasteiger partial charge on any atom is -0.365 e. The maximum absolute atomic E-state index is 12.2. The van der Waals surface area contributed by atoms with Gasteiger partial charge in [0.2, 0.25) is 5.91 Å². The minimum absolute atomic E-state index is 0. The smallest absolute Gasteiger partial charge is 0.249 e. The molecule has 1 amide bonds. The van der Waals surface area contributed by atoms with Crippen LogP contribution in [-0.4, -0.2) is 30.7 Å². The molecule has 5 heteroatoms. The number of ether oxygens (including phenoxy) is 1. The largest absolute Gasteiger partial charge is 0.365 e. The quantitative estimate of drug-likeness (QED) is 0.758. The van der Waals surface area contributed by atoms with Crippen molar-refractivity contribution in [2.24, 2.45) is 17.6 Å². The zero-order valence-corrected chi connectivity index (χ0v) is 14.2. The summed E-state index contributed by atoms with van der Waals surface area (Å²) in [4.78, 5) is 12.2. The van der Waals surface area contributed by atoms with Gasteiger partial charge in [-0.15, -0.1) is 12.4 Å². The van der Waals surface area contributed by atoms with E-state index in [2.05, 4.69) is 12.2 Å². The van der Waals surface area contributed by atoms with Gasteiger partial charge in [0.25, 0.3) is 0 Å². The van der Waals surface area contributed by atoms with Crippen LogP contribution in [0.1, 0.15) is 58.8 Å². The Kier molecular flexibility index (Phi) is 7.99. The molecule has 3 N–H and O–H groups in total. The molecule has 2 fully saturated rings. The second kappa shape index (κ2) is 8.96. The van der Waals surface area contributed by atoms with E-state index >= 15 is 0 Å². The van der Waals surface area contributed by atoms with Gasteiger partial charge in [0.15, 0.2) is 0 Å². The number of nitrogens with two attached hydrogens (primary N) is 1.